The summed E-state index contributed by atoms with van der Waals surface area (Å²) in [5, 5.41) is 14.8. The second kappa shape index (κ2) is 3.65. The van der Waals surface area contributed by atoms with Gasteiger partial charge in [-0.2, -0.15) is 5.10 Å². The number of nitrogen functional groups attached to an aromatic ring is 1. The zero-order valence-electron chi connectivity index (χ0n) is 8.62. The van der Waals surface area contributed by atoms with Crippen LogP contribution < -0.4 is 5.73 Å². The summed E-state index contributed by atoms with van der Waals surface area (Å²) < 4.78 is 1.40. The molecule has 2 aromatic rings. The highest BCUT2D eigenvalue weighted by Crippen LogP contribution is 2.23. The van der Waals surface area contributed by atoms with Gasteiger partial charge in [0.1, 0.15) is 11.5 Å². The van der Waals surface area contributed by atoms with Crippen LogP contribution in [-0.4, -0.2) is 14.7 Å². The Labute approximate surface area is 91.5 Å². The Morgan fingerprint density at radius 2 is 2.19 bits per heavy atom. The lowest BCUT2D eigenvalue weighted by Crippen LogP contribution is -2.01. The first-order valence-electron chi connectivity index (χ1n) is 4.64. The van der Waals surface area contributed by atoms with Gasteiger partial charge in [-0.05, 0) is 18.6 Å². The van der Waals surface area contributed by atoms with E-state index in [4.69, 9.17) is 5.73 Å². The van der Waals surface area contributed by atoms with Crippen LogP contribution in [0.2, 0.25) is 0 Å². The van der Waals surface area contributed by atoms with Crippen LogP contribution in [0.4, 0.5) is 11.5 Å². The van der Waals surface area contributed by atoms with Gasteiger partial charge in [0, 0.05) is 18.3 Å². The Kier molecular flexibility index (Phi) is 2.32. The van der Waals surface area contributed by atoms with Gasteiger partial charge in [0.25, 0.3) is 5.69 Å². The van der Waals surface area contributed by atoms with E-state index in [0.29, 0.717) is 11.5 Å². The van der Waals surface area contributed by atoms with Crippen LogP contribution in [0, 0.1) is 17.0 Å². The van der Waals surface area contributed by atoms with Crippen molar-refractivity contribution in [1.82, 2.24) is 9.78 Å². The lowest BCUT2D eigenvalue weighted by Gasteiger charge is -2.03. The van der Waals surface area contributed by atoms with Gasteiger partial charge in [0.2, 0.25) is 0 Å². The summed E-state index contributed by atoms with van der Waals surface area (Å²) in [5.74, 6) is 0.329. The molecule has 0 aliphatic heterocycles. The van der Waals surface area contributed by atoms with Gasteiger partial charge >= 0.3 is 0 Å². The molecule has 0 spiro atoms. The lowest BCUT2D eigenvalue weighted by molar-refractivity contribution is -0.384. The number of benzene rings is 1. The van der Waals surface area contributed by atoms with E-state index in [1.165, 1.54) is 10.7 Å². The van der Waals surface area contributed by atoms with Gasteiger partial charge < -0.3 is 5.73 Å². The molecule has 0 aliphatic rings. The Morgan fingerprint density at radius 3 is 2.75 bits per heavy atom. The highest BCUT2D eigenvalue weighted by atomic mass is 16.6. The molecule has 0 bridgehead atoms. The number of nitrogens with two attached hydrogens (primary N) is 1. The van der Waals surface area contributed by atoms with E-state index in [0.717, 1.165) is 5.56 Å². The van der Waals surface area contributed by atoms with Crippen molar-refractivity contribution in [2.24, 2.45) is 0 Å². The molecular weight excluding hydrogens is 208 g/mol. The molecule has 0 amide bonds. The summed E-state index contributed by atoms with van der Waals surface area (Å²) in [6.45, 7) is 1.80. The Bertz CT molecular complexity index is 548. The summed E-state index contributed by atoms with van der Waals surface area (Å²) in [6, 6.07) is 6.54. The molecule has 2 N–H and O–H groups in total. The molecule has 1 aromatic carbocycles. The SMILES string of the molecule is Cc1ccc(-n2ccc(N)n2)c([N+](=O)[O-])c1. The van der Waals surface area contributed by atoms with E-state index in [2.05, 4.69) is 5.10 Å². The topological polar surface area (TPSA) is 87.0 Å². The number of nitrogens with zero attached hydrogens (tertiary/aromatic N) is 3. The fraction of sp³-hybridized carbons (Fsp3) is 0.100. The Balaban J connectivity index is 2.60. The van der Waals surface area contributed by atoms with Crippen molar-refractivity contribution in [3.8, 4) is 5.69 Å². The van der Waals surface area contributed by atoms with Gasteiger partial charge in [-0.3, -0.25) is 10.1 Å². The number of hydrogen-bond acceptors (Lipinski definition) is 4. The third-order valence-corrected chi connectivity index (χ3v) is 2.18. The summed E-state index contributed by atoms with van der Waals surface area (Å²) in [5.41, 5.74) is 6.73. The summed E-state index contributed by atoms with van der Waals surface area (Å²) in [4.78, 5) is 10.5. The predicted octanol–water partition coefficient (Wildman–Crippen LogP) is 1.67. The molecule has 82 valence electrons. The molecule has 6 heteroatoms. The average molecular weight is 218 g/mol. The van der Waals surface area contributed by atoms with Crippen LogP contribution >= 0.6 is 0 Å². The highest BCUT2D eigenvalue weighted by Gasteiger charge is 2.15. The second-order valence-electron chi connectivity index (χ2n) is 3.43. The molecular formula is C10H10N4O2. The number of anilines is 1. The summed E-state index contributed by atoms with van der Waals surface area (Å²) in [7, 11) is 0. The first kappa shape index (κ1) is 10.2. The minimum absolute atomic E-state index is 0.0168. The first-order valence-corrected chi connectivity index (χ1v) is 4.64. The maximum atomic E-state index is 10.9. The van der Waals surface area contributed by atoms with Gasteiger partial charge in [0.05, 0.1) is 4.92 Å². The standard InChI is InChI=1S/C10H10N4O2/c1-7-2-3-8(9(6-7)14(15)16)13-5-4-10(11)12-13/h2-6H,1H3,(H2,11,12). The van der Waals surface area contributed by atoms with Gasteiger partial charge in [-0.25, -0.2) is 4.68 Å². The normalized spacial score (nSPS) is 10.3. The highest BCUT2D eigenvalue weighted by molar-refractivity contribution is 5.54. The molecule has 0 radical (unpaired) electrons. The zero-order valence-corrected chi connectivity index (χ0v) is 8.62. The lowest BCUT2D eigenvalue weighted by atomic mass is 10.2. The maximum Gasteiger partial charge on any atom is 0.295 e. The van der Waals surface area contributed by atoms with Crippen molar-refractivity contribution < 1.29 is 4.92 Å². The number of nitro benzene ring substituents is 1. The van der Waals surface area contributed by atoms with E-state index in [-0.39, 0.29) is 5.69 Å². The molecule has 2 rings (SSSR count). The van der Waals surface area contributed by atoms with Crippen molar-refractivity contribution >= 4 is 11.5 Å². The van der Waals surface area contributed by atoms with E-state index < -0.39 is 4.92 Å². The molecule has 0 saturated carbocycles. The number of nitro groups is 1. The Hall–Kier alpha value is -2.37. The maximum absolute atomic E-state index is 10.9. The third kappa shape index (κ3) is 1.72. The molecule has 0 saturated heterocycles. The molecule has 0 aliphatic carbocycles. The number of rotatable bonds is 2. The van der Waals surface area contributed by atoms with Gasteiger partial charge in [-0.1, -0.05) is 6.07 Å². The van der Waals surface area contributed by atoms with Crippen molar-refractivity contribution in [2.45, 2.75) is 6.92 Å². The van der Waals surface area contributed by atoms with Gasteiger partial charge in [-0.15, -0.1) is 0 Å². The largest absolute Gasteiger partial charge is 0.382 e. The molecule has 0 atom stereocenters. The van der Waals surface area contributed by atoms with Crippen LogP contribution in [0.25, 0.3) is 5.69 Å². The minimum Gasteiger partial charge on any atom is -0.382 e. The molecule has 1 heterocycles. The van der Waals surface area contributed by atoms with Crippen LogP contribution in [0.1, 0.15) is 5.56 Å². The van der Waals surface area contributed by atoms with Crippen molar-refractivity contribution in [1.29, 1.82) is 0 Å². The fourth-order valence-electron chi connectivity index (χ4n) is 1.45. The first-order chi connectivity index (χ1) is 7.58. The molecule has 16 heavy (non-hydrogen) atoms. The third-order valence-electron chi connectivity index (χ3n) is 2.18. The molecule has 1 aromatic heterocycles. The number of aryl methyl sites for hydroxylation is 1. The average Bonchev–Trinajstić information content (AvgIpc) is 2.64. The predicted molar refractivity (Wildman–Crippen MR) is 59.4 cm³/mol. The monoisotopic (exact) mass is 218 g/mol. The Morgan fingerprint density at radius 1 is 1.44 bits per heavy atom. The summed E-state index contributed by atoms with van der Waals surface area (Å²) in [6.07, 6.45) is 1.59. The van der Waals surface area contributed by atoms with E-state index >= 15 is 0 Å². The van der Waals surface area contributed by atoms with Crippen LogP contribution in [0.5, 0.6) is 0 Å². The van der Waals surface area contributed by atoms with Crippen molar-refractivity contribution in [2.75, 3.05) is 5.73 Å². The zero-order chi connectivity index (χ0) is 11.7. The van der Waals surface area contributed by atoms with Crippen molar-refractivity contribution in [3.05, 3.63) is 46.1 Å². The number of hydrogen-bond donors (Lipinski definition) is 1. The van der Waals surface area contributed by atoms with E-state index in [9.17, 15) is 10.1 Å². The second-order valence-corrected chi connectivity index (χ2v) is 3.43. The molecule has 0 unspecified atom stereocenters. The van der Waals surface area contributed by atoms with Gasteiger partial charge in [0.15, 0.2) is 0 Å². The molecule has 0 fully saturated rings. The van der Waals surface area contributed by atoms with Crippen LogP contribution in [0.3, 0.4) is 0 Å². The fourth-order valence-corrected chi connectivity index (χ4v) is 1.45. The minimum atomic E-state index is -0.430. The summed E-state index contributed by atoms with van der Waals surface area (Å²) >= 11 is 0. The van der Waals surface area contributed by atoms with Crippen LogP contribution in [-0.2, 0) is 0 Å². The quantitative estimate of drug-likeness (QED) is 0.613. The van der Waals surface area contributed by atoms with E-state index in [1.54, 1.807) is 31.3 Å². The number of aromatic nitrogens is 2. The van der Waals surface area contributed by atoms with Crippen LogP contribution in [0.15, 0.2) is 30.5 Å². The van der Waals surface area contributed by atoms with Crippen molar-refractivity contribution in [3.63, 3.8) is 0 Å². The molecule has 6 nitrogen and oxygen atoms in total. The smallest absolute Gasteiger partial charge is 0.295 e. The van der Waals surface area contributed by atoms with E-state index in [1.807, 2.05) is 0 Å².